The number of nitrogens with one attached hydrogen (secondary N) is 1. The van der Waals surface area contributed by atoms with E-state index in [1.54, 1.807) is 18.7 Å². The minimum atomic E-state index is -0.720. The van der Waals surface area contributed by atoms with E-state index >= 15 is 0 Å². The van der Waals surface area contributed by atoms with E-state index in [-0.39, 0.29) is 6.04 Å². The summed E-state index contributed by atoms with van der Waals surface area (Å²) in [7, 11) is 3.62. The molecule has 13 heavy (non-hydrogen) atoms. The molecule has 0 aliphatic carbocycles. The van der Waals surface area contributed by atoms with Crippen LogP contribution in [0.5, 0.6) is 0 Å². The fourth-order valence-corrected chi connectivity index (χ4v) is 0.687. The van der Waals surface area contributed by atoms with Gasteiger partial charge in [-0.3, -0.25) is 4.79 Å². The Balaban J connectivity index is 4.01. The Morgan fingerprint density at radius 2 is 2.08 bits per heavy atom. The van der Waals surface area contributed by atoms with E-state index in [1.165, 1.54) is 6.08 Å². The van der Waals surface area contributed by atoms with Crippen LogP contribution in [0.4, 0.5) is 4.39 Å². The number of carbonyl (C=O) groups excluding carboxylic acids is 1. The lowest BCUT2D eigenvalue weighted by atomic mass is 10.3. The van der Waals surface area contributed by atoms with E-state index in [9.17, 15) is 9.18 Å². The maximum absolute atomic E-state index is 12.9. The molecule has 1 amide bonds. The Kier molecular flexibility index (Phi) is 5.30. The summed E-state index contributed by atoms with van der Waals surface area (Å²) >= 11 is 0. The molecular weight excluding hydrogens is 171 g/mol. The normalized spacial score (nSPS) is 12.4. The zero-order valence-electron chi connectivity index (χ0n) is 8.60. The topological polar surface area (TPSA) is 32.3 Å². The third kappa shape index (κ3) is 6.28. The minimum absolute atomic E-state index is 0.0361. The van der Waals surface area contributed by atoms with Gasteiger partial charge in [0.1, 0.15) is 0 Å². The number of nitrogens with zero attached hydrogens (tertiary/aromatic N) is 1. The average molecular weight is 188 g/mol. The van der Waals surface area contributed by atoms with Crippen molar-refractivity contribution in [3.05, 3.63) is 11.9 Å². The van der Waals surface area contributed by atoms with Crippen LogP contribution < -0.4 is 5.32 Å². The monoisotopic (exact) mass is 188 g/mol. The Hall–Kier alpha value is -0.900. The highest BCUT2D eigenvalue weighted by molar-refractivity contribution is 5.91. The minimum Gasteiger partial charge on any atom is -0.348 e. The standard InChI is InChI=1S/C9H17FN2O/c1-7(2)11-9(13)8(10)5-6-12(3)4/h5,7H,6H2,1-4H3,(H,11,13)/b8-5-. The highest BCUT2D eigenvalue weighted by atomic mass is 19.1. The molecule has 3 nitrogen and oxygen atoms in total. The van der Waals surface area contributed by atoms with Gasteiger partial charge >= 0.3 is 0 Å². The van der Waals surface area contributed by atoms with Crippen molar-refractivity contribution in [2.24, 2.45) is 0 Å². The second-order valence-electron chi connectivity index (χ2n) is 3.44. The SMILES string of the molecule is CC(C)NC(=O)/C(F)=C/CN(C)C. The zero-order chi connectivity index (χ0) is 10.4. The van der Waals surface area contributed by atoms with E-state index in [4.69, 9.17) is 0 Å². The molecule has 0 spiro atoms. The largest absolute Gasteiger partial charge is 0.348 e. The number of rotatable bonds is 4. The third-order valence-electron chi connectivity index (χ3n) is 1.27. The van der Waals surface area contributed by atoms with Crippen LogP contribution in [0.15, 0.2) is 11.9 Å². The molecule has 0 rings (SSSR count). The molecule has 76 valence electrons. The Morgan fingerprint density at radius 3 is 2.46 bits per heavy atom. The number of hydrogen-bond acceptors (Lipinski definition) is 2. The number of hydrogen-bond donors (Lipinski definition) is 1. The molecule has 0 saturated heterocycles. The maximum atomic E-state index is 12.9. The second kappa shape index (κ2) is 5.70. The van der Waals surface area contributed by atoms with E-state index in [2.05, 4.69) is 5.32 Å². The summed E-state index contributed by atoms with van der Waals surface area (Å²) in [6.45, 7) is 4.01. The van der Waals surface area contributed by atoms with Crippen LogP contribution in [0.1, 0.15) is 13.8 Å². The first-order valence-corrected chi connectivity index (χ1v) is 4.24. The van der Waals surface area contributed by atoms with Gasteiger partial charge in [-0.25, -0.2) is 4.39 Å². The van der Waals surface area contributed by atoms with Crippen LogP contribution >= 0.6 is 0 Å². The van der Waals surface area contributed by atoms with Crippen molar-refractivity contribution in [2.45, 2.75) is 19.9 Å². The lowest BCUT2D eigenvalue weighted by Gasteiger charge is -2.07. The highest BCUT2D eigenvalue weighted by Gasteiger charge is 2.08. The molecule has 0 bridgehead atoms. The predicted octanol–water partition coefficient (Wildman–Crippen LogP) is 0.926. The molecular formula is C9H17FN2O. The van der Waals surface area contributed by atoms with E-state index in [0.717, 1.165) is 0 Å². The molecule has 0 fully saturated rings. The van der Waals surface area contributed by atoms with Crippen LogP contribution in [-0.2, 0) is 4.79 Å². The summed E-state index contributed by atoms with van der Waals surface area (Å²) < 4.78 is 12.9. The van der Waals surface area contributed by atoms with Crippen molar-refractivity contribution < 1.29 is 9.18 Å². The van der Waals surface area contributed by atoms with Crippen molar-refractivity contribution in [2.75, 3.05) is 20.6 Å². The summed E-state index contributed by atoms with van der Waals surface area (Å²) in [6.07, 6.45) is 1.26. The summed E-state index contributed by atoms with van der Waals surface area (Å²) in [5, 5.41) is 2.47. The lowest BCUT2D eigenvalue weighted by Crippen LogP contribution is -2.30. The Labute approximate surface area is 78.6 Å². The number of amides is 1. The fourth-order valence-electron chi connectivity index (χ4n) is 0.687. The summed E-state index contributed by atoms with van der Waals surface area (Å²) in [5.74, 6) is -1.36. The first-order valence-electron chi connectivity index (χ1n) is 4.24. The predicted molar refractivity (Wildman–Crippen MR) is 51.0 cm³/mol. The summed E-state index contributed by atoms with van der Waals surface area (Å²) in [5.41, 5.74) is 0. The third-order valence-corrected chi connectivity index (χ3v) is 1.27. The molecule has 0 heterocycles. The Bertz CT molecular complexity index is 200. The van der Waals surface area contributed by atoms with Gasteiger partial charge in [-0.15, -0.1) is 0 Å². The molecule has 1 N–H and O–H groups in total. The molecule has 0 unspecified atom stereocenters. The van der Waals surface area contributed by atoms with Crippen molar-refractivity contribution in [1.82, 2.24) is 10.2 Å². The first kappa shape index (κ1) is 12.1. The molecule has 0 radical (unpaired) electrons. The molecule has 0 aliphatic heterocycles. The van der Waals surface area contributed by atoms with Gasteiger partial charge in [-0.2, -0.15) is 0 Å². The van der Waals surface area contributed by atoms with Crippen LogP contribution in [0, 0.1) is 0 Å². The van der Waals surface area contributed by atoms with Crippen LogP contribution in [-0.4, -0.2) is 37.5 Å². The first-order chi connectivity index (χ1) is 5.93. The molecule has 0 saturated carbocycles. The van der Waals surface area contributed by atoms with Gasteiger partial charge in [0.15, 0.2) is 5.83 Å². The van der Waals surface area contributed by atoms with Crippen molar-refractivity contribution in [3.63, 3.8) is 0 Å². The van der Waals surface area contributed by atoms with Gasteiger partial charge in [0.2, 0.25) is 0 Å². The van der Waals surface area contributed by atoms with E-state index < -0.39 is 11.7 Å². The fraction of sp³-hybridized carbons (Fsp3) is 0.667. The molecule has 0 aromatic heterocycles. The van der Waals surface area contributed by atoms with Crippen molar-refractivity contribution in [3.8, 4) is 0 Å². The van der Waals surface area contributed by atoms with Gasteiger partial charge in [-0.05, 0) is 34.0 Å². The number of likely N-dealkylation sites (N-methyl/N-ethyl adjacent to an activating group) is 1. The van der Waals surface area contributed by atoms with Crippen LogP contribution in [0.3, 0.4) is 0 Å². The highest BCUT2D eigenvalue weighted by Crippen LogP contribution is 1.97. The Morgan fingerprint density at radius 1 is 1.54 bits per heavy atom. The number of halogens is 1. The van der Waals surface area contributed by atoms with E-state index in [0.29, 0.717) is 6.54 Å². The average Bonchev–Trinajstić information content (AvgIpc) is 1.98. The molecule has 0 aromatic carbocycles. The smallest absolute Gasteiger partial charge is 0.279 e. The molecule has 4 heteroatoms. The van der Waals surface area contributed by atoms with Gasteiger partial charge in [-0.1, -0.05) is 0 Å². The summed E-state index contributed by atoms with van der Waals surface area (Å²) in [4.78, 5) is 12.8. The van der Waals surface area contributed by atoms with Crippen LogP contribution in [0.25, 0.3) is 0 Å². The molecule has 0 atom stereocenters. The van der Waals surface area contributed by atoms with Gasteiger partial charge in [0.25, 0.3) is 5.91 Å². The number of carbonyl (C=O) groups is 1. The van der Waals surface area contributed by atoms with Gasteiger partial charge in [0, 0.05) is 12.6 Å². The second-order valence-corrected chi connectivity index (χ2v) is 3.44. The summed E-state index contributed by atoms with van der Waals surface area (Å²) in [6, 6.07) is -0.0361. The molecule has 0 aliphatic rings. The maximum Gasteiger partial charge on any atom is 0.279 e. The zero-order valence-corrected chi connectivity index (χ0v) is 8.60. The van der Waals surface area contributed by atoms with Crippen molar-refractivity contribution in [1.29, 1.82) is 0 Å². The lowest BCUT2D eigenvalue weighted by molar-refractivity contribution is -0.119. The van der Waals surface area contributed by atoms with Crippen LogP contribution in [0.2, 0.25) is 0 Å². The van der Waals surface area contributed by atoms with E-state index in [1.807, 2.05) is 14.1 Å². The van der Waals surface area contributed by atoms with Gasteiger partial charge in [0.05, 0.1) is 0 Å². The van der Waals surface area contributed by atoms with Gasteiger partial charge < -0.3 is 10.2 Å². The van der Waals surface area contributed by atoms with Crippen molar-refractivity contribution >= 4 is 5.91 Å². The molecule has 0 aromatic rings. The quantitative estimate of drug-likeness (QED) is 0.665.